The molecular weight excluding hydrogens is 1080 g/mol. The first kappa shape index (κ1) is 54.7. The van der Waals surface area contributed by atoms with Crippen LogP contribution in [0.25, 0.3) is 45.1 Å². The predicted octanol–water partition coefficient (Wildman–Crippen LogP) is 12.0. The Morgan fingerprint density at radius 1 is 0.721 bits per heavy atom. The molecule has 4 heterocycles. The second-order valence-corrected chi connectivity index (χ2v) is 36.2. The predicted molar refractivity (Wildman–Crippen MR) is 278 cm³/mol. The first-order valence-corrected chi connectivity index (χ1v) is 31.7. The average Bonchev–Trinajstić information content (AvgIpc) is 3.79. The van der Waals surface area contributed by atoms with Crippen molar-refractivity contribution in [1.82, 2.24) is 24.5 Å². The van der Waals surface area contributed by atoms with Gasteiger partial charge in [0.1, 0.15) is 24.1 Å². The molecular formula is C53H69AuN6O5Si3. The maximum atomic E-state index is 13.3. The monoisotopic (exact) mass is 1150 g/mol. The number of aromatic nitrogens is 5. The molecule has 0 aliphatic carbocycles. The normalized spacial score (nSPS) is 18.1. The Balaban J connectivity index is 0.000000376. The number of nitrogens with one attached hydrogen (secondary N) is 1. The number of benzene rings is 3. The van der Waals surface area contributed by atoms with E-state index in [1.807, 2.05) is 83.4 Å². The van der Waals surface area contributed by atoms with Crippen LogP contribution in [0.4, 0.5) is 5.95 Å². The number of anilines is 1. The summed E-state index contributed by atoms with van der Waals surface area (Å²) in [6.45, 7) is 33.8. The Kier molecular flexibility index (Phi) is 16.9. The SMILES string of the molecule is [Au+3].[C-]#Cc1ccc(-c2nc3c(=O)[nH]c(N)nc3n2[C@@H]2O[C@H](CO[Si](C)(C)C(C)(C)C)[C@@H](O[Si](C)(C)C(C)(C)C)[C@H]2O[Si](C)(C)C(C)(C)C)cc1.[c-]1ccccc1-c1cccc(-c2[c-]cccc2)n1. The van der Waals surface area contributed by atoms with Crippen LogP contribution in [-0.4, -0.2) is 74.4 Å². The van der Waals surface area contributed by atoms with Crippen molar-refractivity contribution in [3.63, 3.8) is 0 Å². The summed E-state index contributed by atoms with van der Waals surface area (Å²) in [6.07, 6.45) is 5.25. The zero-order valence-corrected chi connectivity index (χ0v) is 47.6. The van der Waals surface area contributed by atoms with Gasteiger partial charge in [0, 0.05) is 5.56 Å². The number of H-pyrrole nitrogens is 1. The van der Waals surface area contributed by atoms with Gasteiger partial charge in [0.25, 0.3) is 5.56 Å². The van der Waals surface area contributed by atoms with Gasteiger partial charge in [-0.25, -0.2) is 4.98 Å². The fourth-order valence-electron chi connectivity index (χ4n) is 6.85. The van der Waals surface area contributed by atoms with E-state index in [0.29, 0.717) is 29.2 Å². The Hall–Kier alpha value is -4.25. The summed E-state index contributed by atoms with van der Waals surface area (Å²) in [4.78, 5) is 30.0. The van der Waals surface area contributed by atoms with Crippen molar-refractivity contribution in [2.45, 2.75) is 141 Å². The van der Waals surface area contributed by atoms with Crippen LogP contribution in [0.3, 0.4) is 0 Å². The topological polar surface area (TPSA) is 139 Å². The number of aromatic amines is 1. The quantitative estimate of drug-likeness (QED) is 0.0737. The number of pyridine rings is 1. The summed E-state index contributed by atoms with van der Waals surface area (Å²) in [7, 11) is -7.03. The largest absolute Gasteiger partial charge is 3.00 e. The van der Waals surface area contributed by atoms with Crippen LogP contribution in [-0.2, 0) is 40.4 Å². The van der Waals surface area contributed by atoms with Gasteiger partial charge in [0.2, 0.25) is 5.95 Å². The van der Waals surface area contributed by atoms with E-state index >= 15 is 0 Å². The Labute approximate surface area is 423 Å². The van der Waals surface area contributed by atoms with Crippen LogP contribution in [0.1, 0.15) is 74.1 Å². The second-order valence-electron chi connectivity index (χ2n) is 21.9. The van der Waals surface area contributed by atoms with Crippen molar-refractivity contribution in [2.75, 3.05) is 12.3 Å². The molecule has 11 nitrogen and oxygen atoms in total. The van der Waals surface area contributed by atoms with Gasteiger partial charge < -0.3 is 35.2 Å². The van der Waals surface area contributed by atoms with Gasteiger partial charge in [-0.15, -0.1) is 89.5 Å². The van der Waals surface area contributed by atoms with Gasteiger partial charge in [0.05, 0.1) is 6.61 Å². The fourth-order valence-corrected chi connectivity index (χ4v) is 10.5. The zero-order valence-electron chi connectivity index (χ0n) is 42.4. The Morgan fingerprint density at radius 2 is 1.24 bits per heavy atom. The average molecular weight is 1150 g/mol. The summed E-state index contributed by atoms with van der Waals surface area (Å²) >= 11 is 0. The number of nitrogens with two attached hydrogens (primary N) is 1. The van der Waals surface area contributed by atoms with Crippen molar-refractivity contribution < 1.29 is 40.4 Å². The molecule has 1 fully saturated rings. The van der Waals surface area contributed by atoms with Crippen molar-refractivity contribution in [3.05, 3.63) is 125 Å². The van der Waals surface area contributed by atoms with E-state index in [9.17, 15) is 4.79 Å². The third-order valence-corrected chi connectivity index (χ3v) is 27.5. The van der Waals surface area contributed by atoms with Crippen LogP contribution in [0.5, 0.6) is 0 Å². The number of ether oxygens (including phenoxy) is 1. The third kappa shape index (κ3) is 12.2. The molecule has 1 saturated heterocycles. The molecule has 0 bridgehead atoms. The molecule has 0 radical (unpaired) electrons. The molecule has 15 heteroatoms. The molecule has 0 saturated carbocycles. The molecule has 3 aromatic heterocycles. The minimum absolute atomic E-state index is 0. The molecule has 364 valence electrons. The molecule has 1 aliphatic heterocycles. The number of fused-ring (bicyclic) bond motifs is 1. The maximum absolute atomic E-state index is 13.3. The minimum Gasteiger partial charge on any atom is -0.414 e. The van der Waals surface area contributed by atoms with Gasteiger partial charge in [-0.2, -0.15) is 4.98 Å². The maximum Gasteiger partial charge on any atom is 3.00 e. The van der Waals surface area contributed by atoms with Gasteiger partial charge >= 0.3 is 22.4 Å². The molecule has 7 rings (SSSR count). The van der Waals surface area contributed by atoms with Crippen LogP contribution in [0.2, 0.25) is 54.4 Å². The second kappa shape index (κ2) is 21.0. The first-order chi connectivity index (χ1) is 31.1. The number of rotatable bonds is 11. The third-order valence-electron chi connectivity index (χ3n) is 14.0. The van der Waals surface area contributed by atoms with E-state index in [0.717, 1.165) is 22.5 Å². The van der Waals surface area contributed by atoms with Crippen LogP contribution >= 0.6 is 0 Å². The summed E-state index contributed by atoms with van der Waals surface area (Å²) in [5.74, 6) is 2.87. The van der Waals surface area contributed by atoms with E-state index in [1.54, 1.807) is 12.1 Å². The molecule has 6 aromatic rings. The number of hydrogen-bond acceptors (Lipinski definition) is 9. The zero-order chi connectivity index (χ0) is 49.3. The number of imidazole rings is 1. The van der Waals surface area contributed by atoms with E-state index in [4.69, 9.17) is 35.2 Å². The van der Waals surface area contributed by atoms with Crippen molar-refractivity contribution >= 4 is 42.1 Å². The van der Waals surface area contributed by atoms with Gasteiger partial charge in [-0.3, -0.25) is 20.3 Å². The van der Waals surface area contributed by atoms with Gasteiger partial charge in [-0.1, -0.05) is 92.6 Å². The van der Waals surface area contributed by atoms with Crippen molar-refractivity contribution in [1.29, 1.82) is 0 Å². The Morgan fingerprint density at radius 3 is 1.71 bits per heavy atom. The molecule has 0 amide bonds. The fraction of sp³-hybridized carbons (Fsp3) is 0.434. The summed E-state index contributed by atoms with van der Waals surface area (Å²) in [5, 5.41) is -0.205. The van der Waals surface area contributed by atoms with Crippen LogP contribution in [0.15, 0.2) is 95.8 Å². The van der Waals surface area contributed by atoms with Gasteiger partial charge in [0.15, 0.2) is 42.3 Å². The number of nitrogen functional groups attached to an aromatic ring is 1. The van der Waals surface area contributed by atoms with Crippen molar-refractivity contribution in [2.24, 2.45) is 0 Å². The minimum atomic E-state index is -2.46. The van der Waals surface area contributed by atoms with Crippen LogP contribution < -0.4 is 11.3 Å². The number of nitrogens with zero attached hydrogens (tertiary/aromatic N) is 4. The van der Waals surface area contributed by atoms with E-state index in [-0.39, 0.29) is 49.0 Å². The van der Waals surface area contributed by atoms with E-state index < -0.39 is 55.1 Å². The van der Waals surface area contributed by atoms with Crippen LogP contribution in [0, 0.1) is 24.5 Å². The number of hydrogen-bond donors (Lipinski definition) is 2. The first-order valence-electron chi connectivity index (χ1n) is 23.0. The summed E-state index contributed by atoms with van der Waals surface area (Å²) < 4.78 is 30.5. The van der Waals surface area contributed by atoms with E-state index in [2.05, 4.69) is 135 Å². The smallest absolute Gasteiger partial charge is 0.414 e. The molecule has 1 aliphatic rings. The molecule has 68 heavy (non-hydrogen) atoms. The van der Waals surface area contributed by atoms with Gasteiger partial charge in [-0.05, 0) is 65.8 Å². The van der Waals surface area contributed by atoms with Crippen molar-refractivity contribution in [3.8, 4) is 39.8 Å². The molecule has 0 unspecified atom stereocenters. The van der Waals surface area contributed by atoms with E-state index in [1.165, 1.54) is 0 Å². The molecule has 3 aromatic carbocycles. The molecule has 3 N–H and O–H groups in total. The molecule has 0 spiro atoms. The standard InChI is InChI=1S/C36H58N5O5Si3.C17H11N.Au/c1-17-23-18-20-24(21-19-23)29-38-26-30(39-33(37)40-31(26)42)41(29)32-28(46-49(15,16)36(8,9)10)27(45-48(13,14)35(5,6)7)25(44-32)22-43-47(11,12)34(2,3)4;1-3-8-14(9-4-1)16-12-7-13-17(18-16)15-10-5-2-6-11-15;/h18-21,25,27-28,32H,22H2,2-16H3,(H3,37,39,40,42);1-8,10,12-13H;/q-1;-2;+3/t25-,27-,28-,32-;;/m1../s1. The summed E-state index contributed by atoms with van der Waals surface area (Å²) in [5.41, 5.74) is 11.4. The Bertz CT molecular complexity index is 2680. The molecule has 4 atom stereocenters. The summed E-state index contributed by atoms with van der Waals surface area (Å²) in [6, 6.07) is 35.4.